The molecule has 0 radical (unpaired) electrons. The smallest absolute Gasteiger partial charge is 0.152 e. The van der Waals surface area contributed by atoms with Crippen LogP contribution in [0.15, 0.2) is 0 Å². The molecule has 0 bridgehead atoms. The lowest BCUT2D eigenvalue weighted by molar-refractivity contribution is 0.581. The van der Waals surface area contributed by atoms with Gasteiger partial charge in [-0.15, -0.1) is 10.2 Å². The maximum absolute atomic E-state index is 11.5. The van der Waals surface area contributed by atoms with E-state index in [1.165, 1.54) is 0 Å². The third-order valence-corrected chi connectivity index (χ3v) is 4.80. The van der Waals surface area contributed by atoms with E-state index in [2.05, 4.69) is 24.0 Å². The van der Waals surface area contributed by atoms with Crippen molar-refractivity contribution in [1.29, 1.82) is 0 Å². The van der Waals surface area contributed by atoms with E-state index >= 15 is 0 Å². The lowest BCUT2D eigenvalue weighted by Gasteiger charge is -2.10. The molecule has 0 saturated carbocycles. The topological polar surface area (TPSA) is 64.8 Å². The molecule has 0 N–H and O–H groups in total. The Morgan fingerprint density at radius 1 is 1.38 bits per heavy atom. The van der Waals surface area contributed by atoms with Crippen LogP contribution >= 0.6 is 0 Å². The number of nitrogens with zero attached hydrogens (tertiary/aromatic N) is 3. The highest BCUT2D eigenvalue weighted by atomic mass is 32.2. The molecule has 6 heteroatoms. The summed E-state index contributed by atoms with van der Waals surface area (Å²) >= 11 is 0. The van der Waals surface area contributed by atoms with Gasteiger partial charge in [-0.25, -0.2) is 8.42 Å². The summed E-state index contributed by atoms with van der Waals surface area (Å²) in [5.41, 5.74) is 0. The molecule has 0 aliphatic carbocycles. The summed E-state index contributed by atoms with van der Waals surface area (Å²) in [5, 5.41) is 8.28. The van der Waals surface area contributed by atoms with Crippen LogP contribution < -0.4 is 0 Å². The number of sulfone groups is 1. The quantitative estimate of drug-likeness (QED) is 0.769. The Bertz CT molecular complexity index is 478. The molecule has 1 unspecified atom stereocenters. The van der Waals surface area contributed by atoms with E-state index in [4.69, 9.17) is 0 Å². The van der Waals surface area contributed by atoms with Crippen molar-refractivity contribution in [1.82, 2.24) is 14.8 Å². The first-order valence-corrected chi connectivity index (χ1v) is 7.48. The monoisotopic (exact) mass is 243 g/mol. The van der Waals surface area contributed by atoms with Crippen molar-refractivity contribution in [3.63, 3.8) is 0 Å². The Balaban J connectivity index is 2.33. The molecular formula is C10H17N3O2S. The fourth-order valence-corrected chi connectivity index (χ4v) is 3.06. The molecule has 90 valence electrons. The molecule has 1 atom stereocenters. The van der Waals surface area contributed by atoms with Gasteiger partial charge in [0.05, 0.1) is 11.5 Å². The Kier molecular flexibility index (Phi) is 3.01. The Labute approximate surface area is 95.8 Å². The normalized spacial score (nSPS) is 21.1. The van der Waals surface area contributed by atoms with Gasteiger partial charge in [0.2, 0.25) is 0 Å². The van der Waals surface area contributed by atoms with Crippen molar-refractivity contribution < 1.29 is 8.42 Å². The molecule has 0 amide bonds. The minimum Gasteiger partial charge on any atom is -0.314 e. The second-order valence-electron chi connectivity index (χ2n) is 4.34. The minimum absolute atomic E-state index is 0.200. The third-order valence-electron chi connectivity index (χ3n) is 3.17. The lowest BCUT2D eigenvalue weighted by atomic mass is 10.1. The lowest BCUT2D eigenvalue weighted by Crippen LogP contribution is -2.14. The highest BCUT2D eigenvalue weighted by molar-refractivity contribution is 7.91. The molecule has 0 fully saturated rings. The van der Waals surface area contributed by atoms with E-state index in [1.807, 2.05) is 4.57 Å². The second kappa shape index (κ2) is 4.16. The summed E-state index contributed by atoms with van der Waals surface area (Å²) in [7, 11) is -2.89. The van der Waals surface area contributed by atoms with Crippen LogP contribution in [0.1, 0.15) is 37.8 Å². The zero-order valence-electron chi connectivity index (χ0n) is 9.68. The molecule has 1 aromatic heterocycles. The number of fused-ring (bicyclic) bond motifs is 1. The van der Waals surface area contributed by atoms with E-state index in [1.54, 1.807) is 0 Å². The van der Waals surface area contributed by atoms with Crippen LogP contribution in [0.3, 0.4) is 0 Å². The van der Waals surface area contributed by atoms with Crippen LogP contribution in [0.4, 0.5) is 0 Å². The van der Waals surface area contributed by atoms with Crippen molar-refractivity contribution in [3.05, 3.63) is 11.6 Å². The molecule has 0 saturated heterocycles. The zero-order chi connectivity index (χ0) is 11.8. The van der Waals surface area contributed by atoms with E-state index in [0.717, 1.165) is 18.1 Å². The predicted octanol–water partition coefficient (Wildman–Crippen LogP) is 0.762. The first-order chi connectivity index (χ1) is 7.53. The molecule has 2 rings (SSSR count). The molecule has 1 aromatic rings. The highest BCUT2D eigenvalue weighted by Crippen LogP contribution is 2.19. The van der Waals surface area contributed by atoms with Gasteiger partial charge in [-0.3, -0.25) is 0 Å². The number of aromatic nitrogens is 3. The van der Waals surface area contributed by atoms with Gasteiger partial charge in [-0.1, -0.05) is 13.8 Å². The van der Waals surface area contributed by atoms with Crippen LogP contribution in [0.2, 0.25) is 0 Å². The van der Waals surface area contributed by atoms with Crippen molar-refractivity contribution in [2.45, 2.75) is 39.2 Å². The fraction of sp³-hybridized carbons (Fsp3) is 0.800. The molecule has 0 aromatic carbocycles. The zero-order valence-corrected chi connectivity index (χ0v) is 10.5. The molecule has 16 heavy (non-hydrogen) atoms. The molecule has 5 nitrogen and oxygen atoms in total. The summed E-state index contributed by atoms with van der Waals surface area (Å²) < 4.78 is 25.0. The molecule has 0 spiro atoms. The largest absolute Gasteiger partial charge is 0.314 e. The number of hydrogen-bond donors (Lipinski definition) is 0. The maximum Gasteiger partial charge on any atom is 0.152 e. The summed E-state index contributed by atoms with van der Waals surface area (Å²) in [5.74, 6) is 2.49. The van der Waals surface area contributed by atoms with Crippen molar-refractivity contribution in [2.24, 2.45) is 0 Å². The van der Waals surface area contributed by atoms with Crippen molar-refractivity contribution in [3.8, 4) is 0 Å². The van der Waals surface area contributed by atoms with Crippen LogP contribution in [0.25, 0.3) is 0 Å². The summed E-state index contributed by atoms with van der Waals surface area (Å²) in [6.45, 7) is 4.70. The minimum atomic E-state index is -2.89. The van der Waals surface area contributed by atoms with E-state index in [-0.39, 0.29) is 11.5 Å². The van der Waals surface area contributed by atoms with E-state index in [0.29, 0.717) is 18.9 Å². The Hall–Kier alpha value is -0.910. The Morgan fingerprint density at radius 2 is 2.12 bits per heavy atom. The predicted molar refractivity (Wildman–Crippen MR) is 61.1 cm³/mol. The van der Waals surface area contributed by atoms with Gasteiger partial charge in [-0.05, 0) is 6.42 Å². The SMILES string of the molecule is CCC(C)c1nnc2n1CCS(=O)(=O)CC2. The maximum atomic E-state index is 11.5. The summed E-state index contributed by atoms with van der Waals surface area (Å²) in [4.78, 5) is 0. The van der Waals surface area contributed by atoms with Crippen LogP contribution in [-0.2, 0) is 22.8 Å². The second-order valence-corrected chi connectivity index (χ2v) is 6.64. The third kappa shape index (κ3) is 2.11. The van der Waals surface area contributed by atoms with Gasteiger partial charge in [0, 0.05) is 18.9 Å². The van der Waals surface area contributed by atoms with Gasteiger partial charge in [0.25, 0.3) is 0 Å². The number of rotatable bonds is 2. The van der Waals surface area contributed by atoms with E-state index in [9.17, 15) is 8.42 Å². The van der Waals surface area contributed by atoms with Gasteiger partial charge in [0.15, 0.2) is 9.84 Å². The van der Waals surface area contributed by atoms with E-state index < -0.39 is 9.84 Å². The number of hydrogen-bond acceptors (Lipinski definition) is 4. The van der Waals surface area contributed by atoms with Gasteiger partial charge < -0.3 is 4.57 Å². The standard InChI is InChI=1S/C10H17N3O2S/c1-3-8(2)10-12-11-9-4-6-16(14,15)7-5-13(9)10/h8H,3-7H2,1-2H3. The molecule has 1 aliphatic rings. The molecule has 1 aliphatic heterocycles. The first kappa shape index (κ1) is 11.6. The average molecular weight is 243 g/mol. The van der Waals surface area contributed by atoms with Crippen LogP contribution in [0, 0.1) is 0 Å². The van der Waals surface area contributed by atoms with Gasteiger partial charge >= 0.3 is 0 Å². The van der Waals surface area contributed by atoms with Crippen molar-refractivity contribution >= 4 is 9.84 Å². The molecular weight excluding hydrogens is 226 g/mol. The highest BCUT2D eigenvalue weighted by Gasteiger charge is 2.23. The van der Waals surface area contributed by atoms with Crippen molar-refractivity contribution in [2.75, 3.05) is 11.5 Å². The summed E-state index contributed by atoms with van der Waals surface area (Å²) in [6, 6.07) is 0. The summed E-state index contributed by atoms with van der Waals surface area (Å²) in [6.07, 6.45) is 1.48. The molecule has 2 heterocycles. The number of aryl methyl sites for hydroxylation is 1. The van der Waals surface area contributed by atoms with Gasteiger partial charge in [0.1, 0.15) is 11.6 Å². The van der Waals surface area contributed by atoms with Crippen LogP contribution in [0.5, 0.6) is 0 Å². The average Bonchev–Trinajstić information content (AvgIpc) is 2.59. The first-order valence-electron chi connectivity index (χ1n) is 5.66. The van der Waals surface area contributed by atoms with Crippen LogP contribution in [-0.4, -0.2) is 34.7 Å². The Morgan fingerprint density at radius 3 is 2.81 bits per heavy atom. The van der Waals surface area contributed by atoms with Gasteiger partial charge in [-0.2, -0.15) is 0 Å². The fourth-order valence-electron chi connectivity index (χ4n) is 1.90.